The van der Waals surface area contributed by atoms with Crippen LogP contribution in [0.25, 0.3) is 0 Å². The molecule has 28 heavy (non-hydrogen) atoms. The molecule has 0 N–H and O–H groups in total. The van der Waals surface area contributed by atoms with Gasteiger partial charge in [-0.2, -0.15) is 9.47 Å². The summed E-state index contributed by atoms with van der Waals surface area (Å²) in [6, 6.07) is 0. The predicted molar refractivity (Wildman–Crippen MR) is 116 cm³/mol. The van der Waals surface area contributed by atoms with Crippen LogP contribution in [0.5, 0.6) is 0 Å². The van der Waals surface area contributed by atoms with E-state index < -0.39 is 0 Å². The van der Waals surface area contributed by atoms with Crippen LogP contribution in [-0.4, -0.2) is 17.9 Å². The van der Waals surface area contributed by atoms with Gasteiger partial charge in [-0.3, -0.25) is 0 Å². The van der Waals surface area contributed by atoms with Crippen molar-refractivity contribution in [2.45, 2.75) is 79.1 Å². The molecule has 2 heterocycles. The van der Waals surface area contributed by atoms with E-state index in [0.29, 0.717) is 22.2 Å². The van der Waals surface area contributed by atoms with E-state index in [-0.39, 0.29) is 5.41 Å². The molecule has 4 heteroatoms. The van der Waals surface area contributed by atoms with Gasteiger partial charge >= 0.3 is 5.91 Å². The van der Waals surface area contributed by atoms with Crippen LogP contribution >= 0.6 is 11.3 Å². The number of fused-ring (bicyclic) bond motifs is 5. The molecule has 0 radical (unpaired) electrons. The summed E-state index contributed by atoms with van der Waals surface area (Å²) in [6.45, 7) is 9.45. The Morgan fingerprint density at radius 1 is 1.14 bits per heavy atom. The van der Waals surface area contributed by atoms with Crippen molar-refractivity contribution in [2.24, 2.45) is 28.6 Å². The number of amides is 1. The van der Waals surface area contributed by atoms with Crippen molar-refractivity contribution >= 4 is 22.4 Å². The minimum atomic E-state index is 0.138. The zero-order chi connectivity index (χ0) is 19.9. The molecule has 1 aromatic rings. The monoisotopic (exact) mass is 399 g/mol. The molecule has 5 rings (SSSR count). The van der Waals surface area contributed by atoms with E-state index in [4.69, 9.17) is 4.98 Å². The molecule has 0 aromatic carbocycles. The van der Waals surface area contributed by atoms with E-state index >= 15 is 0 Å². The second-order valence-electron chi connectivity index (χ2n) is 10.9. The molecule has 0 bridgehead atoms. The molecule has 1 amide bonds. The van der Waals surface area contributed by atoms with Gasteiger partial charge in [-0.05, 0) is 81.1 Å². The Hall–Kier alpha value is -1.00. The Bertz CT molecular complexity index is 872. The lowest BCUT2D eigenvalue weighted by Gasteiger charge is -2.58. The number of carbonyl (C=O) groups excluding carboxylic acids is 1. The van der Waals surface area contributed by atoms with Crippen molar-refractivity contribution < 1.29 is 4.79 Å². The van der Waals surface area contributed by atoms with Crippen molar-refractivity contribution in [3.8, 4) is 0 Å². The van der Waals surface area contributed by atoms with E-state index in [1.165, 1.54) is 49.8 Å². The number of aryl methyl sites for hydroxylation is 1. The highest BCUT2D eigenvalue weighted by Crippen LogP contribution is 2.66. The third-order valence-corrected chi connectivity index (χ3v) is 10.4. The number of piperidine rings is 1. The first kappa shape index (κ1) is 19.0. The molecule has 2 saturated carbocycles. The number of rotatable bonds is 1. The van der Waals surface area contributed by atoms with E-state index in [0.717, 1.165) is 35.0 Å². The van der Waals surface area contributed by atoms with E-state index in [2.05, 4.69) is 33.2 Å². The maximum Gasteiger partial charge on any atom is 0.325 e. The van der Waals surface area contributed by atoms with Crippen LogP contribution in [0.3, 0.4) is 0 Å². The Morgan fingerprint density at radius 2 is 1.93 bits per heavy atom. The van der Waals surface area contributed by atoms with Gasteiger partial charge in [0.1, 0.15) is 5.70 Å². The van der Waals surface area contributed by atoms with Crippen LogP contribution in [0.4, 0.5) is 5.13 Å². The van der Waals surface area contributed by atoms with Gasteiger partial charge in [0.2, 0.25) is 0 Å². The van der Waals surface area contributed by atoms with E-state index in [9.17, 15) is 4.79 Å². The van der Waals surface area contributed by atoms with Crippen LogP contribution in [0, 0.1) is 35.5 Å². The summed E-state index contributed by atoms with van der Waals surface area (Å²) >= 11 is 1.67. The fraction of sp³-hybridized carbons (Fsp3) is 0.750. The van der Waals surface area contributed by atoms with Crippen LogP contribution < -0.4 is 4.48 Å². The van der Waals surface area contributed by atoms with Crippen molar-refractivity contribution in [1.82, 2.24) is 9.47 Å². The molecule has 3 fully saturated rings. The number of hydrogen-bond donors (Lipinski definition) is 0. The average Bonchev–Trinajstić information content (AvgIpc) is 3.24. The lowest BCUT2D eigenvalue weighted by atomic mass is 9.48. The standard InChI is InChI=1S/C24H35N2OS/c1-15-13-17-18-7-6-10-23(18,3)11-8-19(17)24(4)12-9-20(27)26(5,21(15)24)22-25-16(2)14-28-22/h14,17-19H,6-13H2,1-5H3/q+1/t17-,18-,19-,23-,24+,26?/m0/s1. The molecule has 1 saturated heterocycles. The van der Waals surface area contributed by atoms with Crippen molar-refractivity contribution in [3.63, 3.8) is 0 Å². The Morgan fingerprint density at radius 3 is 2.64 bits per heavy atom. The topological polar surface area (TPSA) is 30.0 Å². The number of hydrogen-bond acceptors (Lipinski definition) is 3. The van der Waals surface area contributed by atoms with Crippen molar-refractivity contribution in [1.29, 1.82) is 0 Å². The lowest BCUT2D eigenvalue weighted by Crippen LogP contribution is -2.62. The minimum absolute atomic E-state index is 0.138. The third-order valence-electron chi connectivity index (χ3n) is 9.32. The summed E-state index contributed by atoms with van der Waals surface area (Å²) in [7, 11) is 2.14. The minimum Gasteiger partial charge on any atom is -0.230 e. The predicted octanol–water partition coefficient (Wildman–Crippen LogP) is 6.23. The number of thiazole rings is 1. The maximum atomic E-state index is 13.4. The lowest BCUT2D eigenvalue weighted by molar-refractivity contribution is -0.135. The van der Waals surface area contributed by atoms with E-state index in [1.807, 2.05) is 6.92 Å². The molecule has 4 aliphatic rings. The summed E-state index contributed by atoms with van der Waals surface area (Å²) in [5.74, 6) is 2.77. The van der Waals surface area contributed by atoms with E-state index in [1.54, 1.807) is 11.3 Å². The van der Waals surface area contributed by atoms with Crippen LogP contribution in [0.15, 0.2) is 16.7 Å². The number of nitrogens with zero attached hydrogens (tertiary/aromatic N) is 2. The number of likely N-dealkylation sites (tertiary alicyclic amines) is 1. The highest BCUT2D eigenvalue weighted by Gasteiger charge is 2.63. The van der Waals surface area contributed by atoms with Gasteiger partial charge in [-0.15, -0.1) is 0 Å². The highest BCUT2D eigenvalue weighted by molar-refractivity contribution is 7.13. The first-order chi connectivity index (χ1) is 13.2. The van der Waals surface area contributed by atoms with Gasteiger partial charge in [0, 0.05) is 10.8 Å². The molecular weight excluding hydrogens is 364 g/mol. The summed E-state index contributed by atoms with van der Waals surface area (Å²) < 4.78 is 0.339. The second kappa shape index (κ2) is 6.01. The van der Waals surface area contributed by atoms with Crippen LogP contribution in [0.1, 0.15) is 77.8 Å². The van der Waals surface area contributed by atoms with Crippen molar-refractivity contribution in [3.05, 3.63) is 22.3 Å². The number of allylic oxidation sites excluding steroid dienone is 2. The second-order valence-corrected chi connectivity index (χ2v) is 11.7. The fourth-order valence-corrected chi connectivity index (χ4v) is 9.06. The SMILES string of the molecule is CC1=C2[C@](C)(CCC(=O)[N+]2(C)c2nc(C)cs2)[C@H]2CC[C@]3(C)CCC[C@H]3[C@@H]2C1. The number of quaternary nitrogens is 1. The Balaban J connectivity index is 1.65. The Kier molecular flexibility index (Phi) is 4.08. The molecule has 3 aliphatic carbocycles. The molecule has 6 atom stereocenters. The molecule has 1 aromatic heterocycles. The molecule has 3 nitrogen and oxygen atoms in total. The molecule has 152 valence electrons. The molecule has 0 spiro atoms. The number of aromatic nitrogens is 1. The Labute approximate surface area is 173 Å². The van der Waals surface area contributed by atoms with Crippen LogP contribution in [-0.2, 0) is 4.79 Å². The normalized spacial score (nSPS) is 45.6. The van der Waals surface area contributed by atoms with Gasteiger partial charge in [-0.1, -0.05) is 31.6 Å². The summed E-state index contributed by atoms with van der Waals surface area (Å²) in [5, 5.41) is 3.08. The van der Waals surface area contributed by atoms with Crippen molar-refractivity contribution in [2.75, 3.05) is 7.05 Å². The summed E-state index contributed by atoms with van der Waals surface area (Å²) in [6.07, 6.45) is 9.91. The smallest absolute Gasteiger partial charge is 0.230 e. The molecule has 1 unspecified atom stereocenters. The van der Waals surface area contributed by atoms with Gasteiger partial charge in [0.15, 0.2) is 0 Å². The zero-order valence-corrected chi connectivity index (χ0v) is 19.0. The van der Waals surface area contributed by atoms with Gasteiger partial charge in [0.25, 0.3) is 5.13 Å². The zero-order valence-electron chi connectivity index (χ0n) is 18.2. The highest BCUT2D eigenvalue weighted by atomic mass is 32.1. The molecular formula is C24H35N2OS+. The van der Waals surface area contributed by atoms with Crippen LogP contribution in [0.2, 0.25) is 0 Å². The van der Waals surface area contributed by atoms with Gasteiger partial charge < -0.3 is 0 Å². The third kappa shape index (κ3) is 2.31. The summed E-state index contributed by atoms with van der Waals surface area (Å²) in [4.78, 5) is 18.2. The quantitative estimate of drug-likeness (QED) is 0.524. The van der Waals surface area contributed by atoms with Gasteiger partial charge in [-0.25, -0.2) is 4.79 Å². The number of carbonyl (C=O) groups is 1. The first-order valence-corrected chi connectivity index (χ1v) is 12.1. The van der Waals surface area contributed by atoms with Gasteiger partial charge in [0.05, 0.1) is 19.2 Å². The first-order valence-electron chi connectivity index (χ1n) is 11.2. The molecule has 1 aliphatic heterocycles. The largest absolute Gasteiger partial charge is 0.325 e. The maximum absolute atomic E-state index is 13.4. The average molecular weight is 400 g/mol. The summed E-state index contributed by atoms with van der Waals surface area (Å²) in [5.41, 5.74) is 4.64. The fourth-order valence-electron chi connectivity index (χ4n) is 8.13.